The number of benzene rings is 2. The maximum Gasteiger partial charge on any atom is 0.283 e. The van der Waals surface area contributed by atoms with Crippen molar-refractivity contribution in [1.29, 1.82) is 0 Å². The molecule has 0 atom stereocenters. The molecule has 7 heteroatoms. The number of halogens is 2. The van der Waals surface area contributed by atoms with Crippen LogP contribution in [-0.4, -0.2) is 22.8 Å². The van der Waals surface area contributed by atoms with Crippen molar-refractivity contribution in [1.82, 2.24) is 4.90 Å². The number of nitrogens with zero attached hydrogens (tertiary/aromatic N) is 2. The van der Waals surface area contributed by atoms with Gasteiger partial charge in [0.15, 0.2) is 0 Å². The summed E-state index contributed by atoms with van der Waals surface area (Å²) in [5.74, 6) is -1.01. The highest BCUT2D eigenvalue weighted by atomic mass is 35.5. The normalized spacial score (nSPS) is 10.3. The molecule has 0 bridgehead atoms. The highest BCUT2D eigenvalue weighted by molar-refractivity contribution is 6.31. The molecule has 0 heterocycles. The second-order valence-electron chi connectivity index (χ2n) is 4.67. The van der Waals surface area contributed by atoms with Gasteiger partial charge in [-0.3, -0.25) is 14.9 Å². The van der Waals surface area contributed by atoms with Crippen molar-refractivity contribution in [2.75, 3.05) is 7.05 Å². The molecule has 0 aliphatic rings. The second kappa shape index (κ2) is 6.53. The molecule has 0 spiro atoms. The van der Waals surface area contributed by atoms with Crippen LogP contribution in [0, 0.1) is 15.9 Å². The summed E-state index contributed by atoms with van der Waals surface area (Å²) in [6, 6.07) is 9.85. The van der Waals surface area contributed by atoms with Gasteiger partial charge in [-0.25, -0.2) is 4.39 Å². The zero-order chi connectivity index (χ0) is 16.3. The Balaban J connectivity index is 2.28. The van der Waals surface area contributed by atoms with Crippen LogP contribution < -0.4 is 0 Å². The van der Waals surface area contributed by atoms with Crippen molar-refractivity contribution in [3.8, 4) is 0 Å². The fourth-order valence-corrected chi connectivity index (χ4v) is 2.16. The standard InChI is InChI=1S/C15H12ClFN2O3/c1-18(9-10-4-2-3-5-13(10)17)15(20)12-7-6-11(16)8-14(12)19(21)22/h2-8H,9H2,1H3. The quantitative estimate of drug-likeness (QED) is 0.637. The molecular formula is C15H12ClFN2O3. The average molecular weight is 323 g/mol. The van der Waals surface area contributed by atoms with Gasteiger partial charge in [-0.05, 0) is 18.2 Å². The number of carbonyl (C=O) groups excluding carboxylic acids is 1. The monoisotopic (exact) mass is 322 g/mol. The SMILES string of the molecule is CN(Cc1ccccc1F)C(=O)c1ccc(Cl)cc1[N+](=O)[O-]. The van der Waals surface area contributed by atoms with Gasteiger partial charge in [-0.2, -0.15) is 0 Å². The van der Waals surface area contributed by atoms with Crippen LogP contribution >= 0.6 is 11.6 Å². The molecule has 5 nitrogen and oxygen atoms in total. The Morgan fingerprint density at radius 3 is 2.64 bits per heavy atom. The summed E-state index contributed by atoms with van der Waals surface area (Å²) in [5.41, 5.74) is -0.138. The van der Waals surface area contributed by atoms with Crippen molar-refractivity contribution in [3.05, 3.63) is 74.5 Å². The van der Waals surface area contributed by atoms with E-state index >= 15 is 0 Å². The average Bonchev–Trinajstić information content (AvgIpc) is 2.48. The molecule has 0 saturated heterocycles. The topological polar surface area (TPSA) is 63.5 Å². The lowest BCUT2D eigenvalue weighted by atomic mass is 10.1. The number of hydrogen-bond acceptors (Lipinski definition) is 3. The smallest absolute Gasteiger partial charge is 0.283 e. The van der Waals surface area contributed by atoms with Crippen molar-refractivity contribution < 1.29 is 14.1 Å². The van der Waals surface area contributed by atoms with Crippen LogP contribution in [0.25, 0.3) is 0 Å². The molecule has 0 aliphatic heterocycles. The van der Waals surface area contributed by atoms with Crippen LogP contribution in [0.15, 0.2) is 42.5 Å². The first-order chi connectivity index (χ1) is 10.4. The number of nitro groups is 1. The lowest BCUT2D eigenvalue weighted by Gasteiger charge is -2.17. The summed E-state index contributed by atoms with van der Waals surface area (Å²) >= 11 is 5.72. The Morgan fingerprint density at radius 1 is 1.32 bits per heavy atom. The number of hydrogen-bond donors (Lipinski definition) is 0. The maximum absolute atomic E-state index is 13.6. The Kier molecular flexibility index (Phi) is 4.72. The lowest BCUT2D eigenvalue weighted by Crippen LogP contribution is -2.27. The van der Waals surface area contributed by atoms with Gasteiger partial charge < -0.3 is 4.90 Å². The van der Waals surface area contributed by atoms with E-state index in [1.165, 1.54) is 30.1 Å². The van der Waals surface area contributed by atoms with E-state index in [1.54, 1.807) is 18.2 Å². The molecule has 0 saturated carbocycles. The Labute approximate surface area is 131 Å². The summed E-state index contributed by atoms with van der Waals surface area (Å²) in [4.78, 5) is 23.9. The Bertz CT molecular complexity index is 736. The molecule has 0 N–H and O–H groups in total. The maximum atomic E-state index is 13.6. The van der Waals surface area contributed by atoms with Crippen LogP contribution in [0.1, 0.15) is 15.9 Å². The summed E-state index contributed by atoms with van der Waals surface area (Å²) in [7, 11) is 1.45. The van der Waals surface area contributed by atoms with Gasteiger partial charge in [-0.1, -0.05) is 29.8 Å². The van der Waals surface area contributed by atoms with Gasteiger partial charge in [0.05, 0.1) is 4.92 Å². The van der Waals surface area contributed by atoms with Gasteiger partial charge in [-0.15, -0.1) is 0 Å². The zero-order valence-corrected chi connectivity index (χ0v) is 12.4. The zero-order valence-electron chi connectivity index (χ0n) is 11.6. The summed E-state index contributed by atoms with van der Waals surface area (Å²) in [6.45, 7) is 0.00525. The predicted molar refractivity (Wildman–Crippen MR) is 80.3 cm³/mol. The summed E-state index contributed by atoms with van der Waals surface area (Å²) in [5, 5.41) is 11.2. The van der Waals surface area contributed by atoms with Crippen LogP contribution in [0.3, 0.4) is 0 Å². The fraction of sp³-hybridized carbons (Fsp3) is 0.133. The molecule has 1 amide bonds. The minimum Gasteiger partial charge on any atom is -0.337 e. The van der Waals surface area contributed by atoms with E-state index in [9.17, 15) is 19.3 Å². The van der Waals surface area contributed by atoms with E-state index in [0.29, 0.717) is 5.56 Å². The lowest BCUT2D eigenvalue weighted by molar-refractivity contribution is -0.385. The molecule has 0 aliphatic carbocycles. The van der Waals surface area contributed by atoms with E-state index < -0.39 is 16.6 Å². The first kappa shape index (κ1) is 15.9. The van der Waals surface area contributed by atoms with E-state index in [2.05, 4.69) is 0 Å². The summed E-state index contributed by atoms with van der Waals surface area (Å²) in [6.07, 6.45) is 0. The van der Waals surface area contributed by atoms with Crippen LogP contribution in [0.4, 0.5) is 10.1 Å². The highest BCUT2D eigenvalue weighted by Gasteiger charge is 2.23. The largest absolute Gasteiger partial charge is 0.337 e. The second-order valence-corrected chi connectivity index (χ2v) is 5.11. The Hall–Kier alpha value is -2.47. The number of carbonyl (C=O) groups is 1. The molecule has 0 aromatic heterocycles. The van der Waals surface area contributed by atoms with Gasteiger partial charge in [0.25, 0.3) is 11.6 Å². The van der Waals surface area contributed by atoms with Crippen molar-refractivity contribution in [2.45, 2.75) is 6.54 Å². The van der Waals surface area contributed by atoms with Crippen LogP contribution in [0.2, 0.25) is 5.02 Å². The van der Waals surface area contributed by atoms with E-state index in [-0.39, 0.29) is 22.8 Å². The third-order valence-corrected chi connectivity index (χ3v) is 3.33. The minimum absolute atomic E-state index is 0.00525. The predicted octanol–water partition coefficient (Wildman–Crippen LogP) is 3.66. The van der Waals surface area contributed by atoms with Crippen molar-refractivity contribution in [3.63, 3.8) is 0 Å². The third-order valence-electron chi connectivity index (χ3n) is 3.10. The number of amides is 1. The fourth-order valence-electron chi connectivity index (χ4n) is 2.00. The third kappa shape index (κ3) is 3.40. The van der Waals surface area contributed by atoms with Crippen molar-refractivity contribution in [2.24, 2.45) is 0 Å². The molecule has 22 heavy (non-hydrogen) atoms. The first-order valence-electron chi connectivity index (χ1n) is 6.33. The first-order valence-corrected chi connectivity index (χ1v) is 6.70. The number of rotatable bonds is 4. The Morgan fingerprint density at radius 2 is 2.00 bits per heavy atom. The van der Waals surface area contributed by atoms with Gasteiger partial charge in [0.1, 0.15) is 11.4 Å². The number of nitro benzene ring substituents is 1. The van der Waals surface area contributed by atoms with Crippen LogP contribution in [-0.2, 0) is 6.54 Å². The molecule has 0 radical (unpaired) electrons. The molecule has 0 fully saturated rings. The van der Waals surface area contributed by atoms with E-state index in [0.717, 1.165) is 6.07 Å². The van der Waals surface area contributed by atoms with Gasteiger partial charge in [0.2, 0.25) is 0 Å². The molecule has 114 valence electrons. The van der Waals surface area contributed by atoms with E-state index in [4.69, 9.17) is 11.6 Å². The minimum atomic E-state index is -0.671. The molecule has 2 aromatic rings. The summed E-state index contributed by atoms with van der Waals surface area (Å²) < 4.78 is 13.6. The van der Waals surface area contributed by atoms with Gasteiger partial charge in [0, 0.05) is 30.2 Å². The van der Waals surface area contributed by atoms with Crippen LogP contribution in [0.5, 0.6) is 0 Å². The van der Waals surface area contributed by atoms with Gasteiger partial charge >= 0.3 is 0 Å². The molecule has 2 rings (SSSR count). The molecule has 0 unspecified atom stereocenters. The molecule has 2 aromatic carbocycles. The van der Waals surface area contributed by atoms with Crippen molar-refractivity contribution >= 4 is 23.2 Å². The molecular weight excluding hydrogens is 311 g/mol. The van der Waals surface area contributed by atoms with E-state index in [1.807, 2.05) is 0 Å². The highest BCUT2D eigenvalue weighted by Crippen LogP contribution is 2.24.